The summed E-state index contributed by atoms with van der Waals surface area (Å²) in [4.78, 5) is 9.24. The van der Waals surface area contributed by atoms with Gasteiger partial charge >= 0.3 is 414 Å². The molecule has 0 N–H and O–H groups in total. The number of fused-ring (bicyclic) bond motifs is 2. The standard InChI is InChI=1S/C71H62BN5O.Pt/c1-48-37-61(51-26-13-10-14-27-51)69(62(38-48)52-41-54(70(4,5)6)45-55(42-52)71(7,8)9)75-47-74(63-33-21-22-34-64(63)75)58-43-53(60-32-20-19-25-50(60)3)44-59(46-58)78-68-40-49(2)39-67(73-68)77-66-36-24-23-35-65(66)76(57-30-17-12-18-31-57)72(77)56-28-15-11-16-29-56;/h10-35,37-45H,1-9H3;/q-2;/i1D3,2D3,3D3,10D,13D,14D,26D,27D;. The quantitative estimate of drug-likeness (QED) is 0.101. The van der Waals surface area contributed by atoms with Crippen LogP contribution in [0.2, 0.25) is 0 Å². The van der Waals surface area contributed by atoms with Crippen molar-refractivity contribution in [1.82, 2.24) is 14.1 Å². The number of aryl methyl sites for hydroxylation is 3. The van der Waals surface area contributed by atoms with Gasteiger partial charge in [-0.3, -0.25) is 0 Å². The van der Waals surface area contributed by atoms with E-state index in [4.69, 9.17) is 26.2 Å². The van der Waals surface area contributed by atoms with Gasteiger partial charge in [0.15, 0.2) is 0 Å². The van der Waals surface area contributed by atoms with E-state index in [1.807, 2.05) is 123 Å². The zero-order valence-electron chi connectivity index (χ0n) is 58.4. The van der Waals surface area contributed by atoms with Crippen LogP contribution in [-0.4, -0.2) is 21.1 Å². The van der Waals surface area contributed by atoms with Gasteiger partial charge in [-0.2, -0.15) is 12.1 Å². The van der Waals surface area contributed by atoms with Crippen LogP contribution in [0.5, 0.6) is 11.6 Å². The molecule has 392 valence electrons. The number of anilines is 4. The number of imidazole rings is 1. The first-order valence-electron chi connectivity index (χ1n) is 33.0. The Kier molecular flexibility index (Phi) is 9.75. The Hall–Kier alpha value is -8.25. The normalized spacial score (nSPS) is 15.7. The molecule has 0 spiro atoms. The minimum atomic E-state index is -2.76. The molecule has 11 aromatic rings. The van der Waals surface area contributed by atoms with Gasteiger partial charge < -0.3 is 0 Å². The predicted molar refractivity (Wildman–Crippen MR) is 325 cm³/mol. The van der Waals surface area contributed by atoms with Crippen molar-refractivity contribution in [2.45, 2.75) is 72.9 Å². The van der Waals surface area contributed by atoms with Gasteiger partial charge in [0.2, 0.25) is 0 Å². The average molecular weight is 1220 g/mol. The molecular weight excluding hydrogens is 1140 g/mol. The molecule has 0 saturated heterocycles. The number of ether oxygens (including phenoxy) is 1. The minimum absolute atomic E-state index is 0.0135. The molecule has 0 bridgehead atoms. The molecule has 1 aliphatic heterocycles. The Balaban J connectivity index is 1.15. The number of nitrogens with zero attached hydrogens (tertiary/aromatic N) is 5. The molecule has 79 heavy (non-hydrogen) atoms. The molecule has 9 aromatic carbocycles. The first kappa shape index (κ1) is 37.5. The third-order valence-corrected chi connectivity index (χ3v) is 15.3. The fraction of sp³-hybridized carbons (Fsp3) is 0.155. The molecule has 0 unspecified atom stereocenters. The van der Waals surface area contributed by atoms with Gasteiger partial charge in [-0.05, 0) is 12.1 Å². The van der Waals surface area contributed by atoms with Crippen LogP contribution < -0.4 is 19.8 Å². The van der Waals surface area contributed by atoms with Crippen molar-refractivity contribution in [3.05, 3.63) is 256 Å². The third kappa shape index (κ3) is 9.80. The van der Waals surface area contributed by atoms with E-state index >= 15 is 0 Å². The zero-order valence-corrected chi connectivity index (χ0v) is 46.6. The van der Waals surface area contributed by atoms with E-state index in [9.17, 15) is 2.74 Å². The SMILES string of the molecule is [2H]c1c([2H])c([2H])c(-c2cc(C([2H])([2H])[2H])cc(-c3cc(C(C)(C)C)cc(C(C)(C)C)c3)c2-n2[c](=[Pt])n(-c3[c-]c(Oc4cc(C([2H])([2H])[2H])cc(N5B(c6ccccc6)N(c6ccccc6)c6ccc[c-]c65)n4)cc(-c4ccccc4C([2H])([2H])[2H])c3)c3ccccc32)c([2H])c1[2H]. The van der Waals surface area contributed by atoms with E-state index in [0.717, 1.165) is 28.0 Å². The fourth-order valence-corrected chi connectivity index (χ4v) is 11.5. The number of benzene rings is 9. The van der Waals surface area contributed by atoms with Crippen molar-refractivity contribution in [2.75, 3.05) is 9.62 Å². The van der Waals surface area contributed by atoms with E-state index in [1.54, 1.807) is 42.5 Å². The molecule has 0 saturated carbocycles. The second-order valence-corrected chi connectivity index (χ2v) is 22.7. The summed E-state index contributed by atoms with van der Waals surface area (Å²) in [7, 11) is 0. The Morgan fingerprint density at radius 2 is 1.22 bits per heavy atom. The Labute approximate surface area is 496 Å². The maximum absolute atomic E-state index is 9.51. The van der Waals surface area contributed by atoms with Gasteiger partial charge in [0, 0.05) is 5.69 Å². The molecule has 0 radical (unpaired) electrons. The fourth-order valence-electron chi connectivity index (χ4n) is 10.5. The summed E-state index contributed by atoms with van der Waals surface area (Å²) in [6, 6.07) is 58.7. The van der Waals surface area contributed by atoms with Crippen LogP contribution in [0.4, 0.5) is 22.9 Å². The monoisotopic (exact) mass is 1220 g/mol. The summed E-state index contributed by atoms with van der Waals surface area (Å²) in [6.45, 7) is 3.90. The van der Waals surface area contributed by atoms with Crippen molar-refractivity contribution in [3.8, 4) is 56.4 Å². The number of para-hydroxylation sites is 4. The van der Waals surface area contributed by atoms with Crippen LogP contribution >= 0.6 is 0 Å². The number of hydrogen-bond donors (Lipinski definition) is 0. The molecule has 3 heterocycles. The first-order valence-corrected chi connectivity index (χ1v) is 27.1. The summed E-state index contributed by atoms with van der Waals surface area (Å²) in [5, 5.41) is 0. The van der Waals surface area contributed by atoms with Crippen LogP contribution in [0.15, 0.2) is 212 Å². The van der Waals surface area contributed by atoms with Crippen LogP contribution in [-0.2, 0) is 30.2 Å². The maximum atomic E-state index is 9.51. The van der Waals surface area contributed by atoms with Crippen molar-refractivity contribution in [3.63, 3.8) is 0 Å². The Morgan fingerprint density at radius 1 is 0.582 bits per heavy atom. The van der Waals surface area contributed by atoms with Gasteiger partial charge in [-0.1, -0.05) is 48.5 Å². The van der Waals surface area contributed by atoms with Crippen LogP contribution in [0.3, 0.4) is 0 Å². The van der Waals surface area contributed by atoms with Crippen molar-refractivity contribution in [2.24, 2.45) is 0 Å². The Morgan fingerprint density at radius 3 is 1.91 bits per heavy atom. The van der Waals surface area contributed by atoms with Gasteiger partial charge in [-0.15, -0.1) is 6.07 Å². The molecule has 1 aliphatic rings. The molecule has 0 aliphatic carbocycles. The van der Waals surface area contributed by atoms with Crippen LogP contribution in [0, 0.1) is 36.5 Å². The number of aromatic nitrogens is 3. The summed E-state index contributed by atoms with van der Waals surface area (Å²) < 4.78 is 136. The summed E-state index contributed by atoms with van der Waals surface area (Å²) in [5.41, 5.74) is 7.22. The van der Waals surface area contributed by atoms with E-state index in [-0.39, 0.29) is 45.3 Å². The topological polar surface area (TPSA) is 38.5 Å². The Bertz CT molecular complexity index is 4760. The third-order valence-electron chi connectivity index (χ3n) is 14.3. The van der Waals surface area contributed by atoms with E-state index in [0.29, 0.717) is 54.2 Å². The van der Waals surface area contributed by atoms with E-state index in [2.05, 4.69) is 83.9 Å². The predicted octanol–water partition coefficient (Wildman–Crippen LogP) is 17.5. The first-order chi connectivity index (χ1) is 43.8. The van der Waals surface area contributed by atoms with Crippen molar-refractivity contribution in [1.29, 1.82) is 0 Å². The number of hydrogen-bond acceptors (Lipinski definition) is 4. The van der Waals surface area contributed by atoms with Crippen molar-refractivity contribution >= 4 is 46.4 Å². The molecular formula is C71H62BN5OPt-2. The van der Waals surface area contributed by atoms with Gasteiger partial charge in [0.25, 0.3) is 0 Å². The van der Waals surface area contributed by atoms with Crippen molar-refractivity contribution < 1.29 is 43.3 Å². The van der Waals surface area contributed by atoms with Gasteiger partial charge in [0.1, 0.15) is 0 Å². The van der Waals surface area contributed by atoms with E-state index < -0.39 is 68.6 Å². The molecule has 0 fully saturated rings. The number of rotatable bonds is 10. The van der Waals surface area contributed by atoms with Gasteiger partial charge in [0.05, 0.1) is 0 Å². The molecule has 8 heteroatoms. The molecule has 12 rings (SSSR count). The molecule has 2 aromatic heterocycles. The summed E-state index contributed by atoms with van der Waals surface area (Å²) >= 11 is 2.16. The van der Waals surface area contributed by atoms with Crippen LogP contribution in [0.1, 0.15) is 88.6 Å². The summed E-state index contributed by atoms with van der Waals surface area (Å²) in [5.74, 6) is 0.115. The summed E-state index contributed by atoms with van der Waals surface area (Å²) in [6.07, 6.45) is 0. The average Bonchev–Trinajstić information content (AvgIpc) is 1.70. The zero-order chi connectivity index (χ0) is 66.6. The molecule has 6 nitrogen and oxygen atoms in total. The van der Waals surface area contributed by atoms with Gasteiger partial charge in [-0.25, -0.2) is 0 Å². The molecule has 0 amide bonds. The van der Waals surface area contributed by atoms with Crippen LogP contribution in [0.25, 0.3) is 55.8 Å². The second-order valence-electron chi connectivity index (χ2n) is 21.7. The molecule has 0 atom stereocenters. The second kappa shape index (κ2) is 20.5. The number of pyridine rings is 1. The van der Waals surface area contributed by atoms with E-state index in [1.165, 1.54) is 24.3 Å².